The molecule has 5 heterocycles. The number of hydrogen-bond donors (Lipinski definition) is 0. The maximum absolute atomic E-state index is 2.90. The van der Waals surface area contributed by atoms with Gasteiger partial charge < -0.3 is 0 Å². The van der Waals surface area contributed by atoms with Crippen LogP contribution in [0.5, 0.6) is 0 Å². The van der Waals surface area contributed by atoms with Crippen molar-refractivity contribution in [2.75, 3.05) is 7.05 Å². The molecule has 6 atom stereocenters. The van der Waals surface area contributed by atoms with Crippen LogP contribution in [0, 0.1) is 0 Å². The summed E-state index contributed by atoms with van der Waals surface area (Å²) in [5.41, 5.74) is 0. The van der Waals surface area contributed by atoms with Crippen molar-refractivity contribution < 1.29 is 0 Å². The highest BCUT2D eigenvalue weighted by Gasteiger charge is 2.67. The number of thioether (sulfide) groups is 1. The van der Waals surface area contributed by atoms with Crippen molar-refractivity contribution in [3.63, 3.8) is 0 Å². The molecule has 1 unspecified atom stereocenters. The zero-order chi connectivity index (χ0) is 11.9. The minimum atomic E-state index is 0.634. The normalized spacial score (nSPS) is 58.2. The molecule has 0 spiro atoms. The summed E-state index contributed by atoms with van der Waals surface area (Å²) in [6, 6.07) is 3.82. The predicted molar refractivity (Wildman–Crippen MR) is 75.8 cm³/mol. The van der Waals surface area contributed by atoms with Gasteiger partial charge in [0.05, 0.1) is 4.87 Å². The van der Waals surface area contributed by atoms with E-state index in [0.717, 1.165) is 29.4 Å². The molecule has 0 radical (unpaired) electrons. The Morgan fingerprint density at radius 1 is 1.00 bits per heavy atom. The average Bonchev–Trinajstić information content (AvgIpc) is 2.61. The molecular formula is C15H24N2S. The Balaban J connectivity index is 1.34. The topological polar surface area (TPSA) is 6.48 Å². The Hall–Kier alpha value is 0.270. The van der Waals surface area contributed by atoms with Gasteiger partial charge in [0, 0.05) is 29.4 Å². The van der Waals surface area contributed by atoms with Gasteiger partial charge in [-0.3, -0.25) is 9.80 Å². The molecule has 0 aromatic carbocycles. The van der Waals surface area contributed by atoms with Gasteiger partial charge in [0.2, 0.25) is 0 Å². The van der Waals surface area contributed by atoms with Crippen LogP contribution in [0.3, 0.4) is 0 Å². The van der Waals surface area contributed by atoms with Gasteiger partial charge in [0.15, 0.2) is 0 Å². The lowest BCUT2D eigenvalue weighted by Gasteiger charge is -2.67. The third-order valence-electron chi connectivity index (χ3n) is 6.64. The first-order valence-corrected chi connectivity index (χ1v) is 8.83. The van der Waals surface area contributed by atoms with Crippen molar-refractivity contribution in [3.8, 4) is 0 Å². The van der Waals surface area contributed by atoms with Gasteiger partial charge in [0.25, 0.3) is 0 Å². The quantitative estimate of drug-likeness (QED) is 0.757. The van der Waals surface area contributed by atoms with Crippen molar-refractivity contribution in [1.82, 2.24) is 9.80 Å². The van der Waals surface area contributed by atoms with Gasteiger partial charge >= 0.3 is 0 Å². The van der Waals surface area contributed by atoms with E-state index >= 15 is 0 Å². The molecule has 18 heavy (non-hydrogen) atoms. The van der Waals surface area contributed by atoms with E-state index in [1.54, 1.807) is 0 Å². The molecule has 5 aliphatic rings. The SMILES string of the molecule is CN1[C@H]2CCC[C@@H]1C(S[C@@]13C[C@H]4CC[C@@H](C1)N43)C2. The van der Waals surface area contributed by atoms with E-state index in [1.165, 1.54) is 51.4 Å². The Kier molecular flexibility index (Phi) is 2.12. The molecule has 100 valence electrons. The lowest BCUT2D eigenvalue weighted by Crippen LogP contribution is -2.73. The van der Waals surface area contributed by atoms with Crippen LogP contribution in [0.4, 0.5) is 0 Å². The van der Waals surface area contributed by atoms with Crippen LogP contribution in [-0.2, 0) is 0 Å². The minimum absolute atomic E-state index is 0.634. The summed E-state index contributed by atoms with van der Waals surface area (Å²) >= 11 is 2.40. The Morgan fingerprint density at radius 2 is 1.78 bits per heavy atom. The Labute approximate surface area is 114 Å². The maximum Gasteiger partial charge on any atom is 0.0708 e. The fourth-order valence-electron chi connectivity index (χ4n) is 5.80. The molecule has 0 N–H and O–H groups in total. The molecule has 5 aliphatic heterocycles. The maximum atomic E-state index is 2.90. The molecule has 2 nitrogen and oxygen atoms in total. The summed E-state index contributed by atoms with van der Waals surface area (Å²) in [6.07, 6.45) is 11.9. The summed E-state index contributed by atoms with van der Waals surface area (Å²) in [7, 11) is 2.38. The highest BCUT2D eigenvalue weighted by Crippen LogP contribution is 2.65. The smallest absolute Gasteiger partial charge is 0.0708 e. The van der Waals surface area contributed by atoms with Crippen molar-refractivity contribution in [1.29, 1.82) is 0 Å². The number of hydrogen-bond acceptors (Lipinski definition) is 3. The molecule has 5 rings (SSSR count). The van der Waals surface area contributed by atoms with E-state index in [1.807, 2.05) is 0 Å². The van der Waals surface area contributed by atoms with Crippen molar-refractivity contribution >= 4 is 11.8 Å². The minimum Gasteiger partial charge on any atom is -0.299 e. The number of piperidine rings is 2. The molecule has 2 bridgehead atoms. The lowest BCUT2D eigenvalue weighted by molar-refractivity contribution is -0.102. The number of fused-ring (bicyclic) bond motifs is 2. The first kappa shape index (κ1) is 11.0. The highest BCUT2D eigenvalue weighted by molar-refractivity contribution is 8.01. The standard InChI is InChI=1S/C15H24N2S/c1-16-10-3-2-4-13(16)14(7-10)18-15-8-11-5-6-12(9-15)17(11)15/h10-14H,2-9H2,1H3/t10-,11-,12+,13+,14?,15+/m0/s1. The van der Waals surface area contributed by atoms with E-state index in [4.69, 9.17) is 0 Å². The molecule has 0 aromatic heterocycles. The van der Waals surface area contributed by atoms with Crippen LogP contribution in [0.15, 0.2) is 0 Å². The van der Waals surface area contributed by atoms with Crippen LogP contribution in [-0.4, -0.2) is 51.1 Å². The van der Waals surface area contributed by atoms with Gasteiger partial charge in [-0.15, -0.1) is 11.8 Å². The fraction of sp³-hybridized carbons (Fsp3) is 1.00. The molecule has 0 aliphatic carbocycles. The van der Waals surface area contributed by atoms with E-state index in [2.05, 4.69) is 28.6 Å². The van der Waals surface area contributed by atoms with Crippen molar-refractivity contribution in [2.45, 2.75) is 85.7 Å². The second-order valence-corrected chi connectivity index (χ2v) is 8.96. The zero-order valence-electron chi connectivity index (χ0n) is 11.3. The molecule has 5 fully saturated rings. The van der Waals surface area contributed by atoms with E-state index in [9.17, 15) is 0 Å². The first-order chi connectivity index (χ1) is 8.77. The van der Waals surface area contributed by atoms with Gasteiger partial charge in [-0.25, -0.2) is 0 Å². The molecule has 3 heteroatoms. The first-order valence-electron chi connectivity index (χ1n) is 7.95. The molecule has 0 amide bonds. The van der Waals surface area contributed by atoms with Crippen molar-refractivity contribution in [2.24, 2.45) is 0 Å². The number of nitrogens with zero attached hydrogens (tertiary/aromatic N) is 2. The van der Waals surface area contributed by atoms with Crippen LogP contribution in [0.1, 0.15) is 51.4 Å². The molecule has 5 saturated heterocycles. The lowest BCUT2D eigenvalue weighted by atomic mass is 9.81. The van der Waals surface area contributed by atoms with E-state index in [-0.39, 0.29) is 0 Å². The second-order valence-electron chi connectivity index (χ2n) is 7.36. The molecule has 0 aromatic rings. The summed E-state index contributed by atoms with van der Waals surface area (Å²) < 4.78 is 0. The zero-order valence-corrected chi connectivity index (χ0v) is 12.2. The predicted octanol–water partition coefficient (Wildman–Crippen LogP) is 2.68. The largest absolute Gasteiger partial charge is 0.299 e. The van der Waals surface area contributed by atoms with Crippen LogP contribution in [0.25, 0.3) is 0 Å². The van der Waals surface area contributed by atoms with Gasteiger partial charge in [-0.05, 0) is 52.0 Å². The van der Waals surface area contributed by atoms with Crippen molar-refractivity contribution in [3.05, 3.63) is 0 Å². The average molecular weight is 264 g/mol. The Bertz CT molecular complexity index is 371. The summed E-state index contributed by atoms with van der Waals surface area (Å²) in [6.45, 7) is 0. The number of rotatable bonds is 2. The van der Waals surface area contributed by atoms with Gasteiger partial charge in [0.1, 0.15) is 0 Å². The Morgan fingerprint density at radius 3 is 2.50 bits per heavy atom. The fourth-order valence-corrected chi connectivity index (χ4v) is 8.16. The third-order valence-corrected chi connectivity index (χ3v) is 8.43. The van der Waals surface area contributed by atoms with Gasteiger partial charge in [-0.2, -0.15) is 0 Å². The van der Waals surface area contributed by atoms with Crippen LogP contribution < -0.4 is 0 Å². The molecular weight excluding hydrogens is 240 g/mol. The van der Waals surface area contributed by atoms with E-state index < -0.39 is 0 Å². The molecule has 0 saturated carbocycles. The summed E-state index contributed by atoms with van der Waals surface area (Å²) in [5, 5.41) is 0.949. The summed E-state index contributed by atoms with van der Waals surface area (Å²) in [5.74, 6) is 0. The summed E-state index contributed by atoms with van der Waals surface area (Å²) in [4.78, 5) is 6.25. The van der Waals surface area contributed by atoms with E-state index in [0.29, 0.717) is 4.87 Å². The highest BCUT2D eigenvalue weighted by atomic mass is 32.2. The monoisotopic (exact) mass is 264 g/mol. The second kappa shape index (κ2) is 3.48. The van der Waals surface area contributed by atoms with Gasteiger partial charge in [-0.1, -0.05) is 6.42 Å². The third kappa shape index (κ3) is 1.20. The van der Waals surface area contributed by atoms with Crippen LogP contribution >= 0.6 is 11.8 Å². The van der Waals surface area contributed by atoms with Crippen LogP contribution in [0.2, 0.25) is 0 Å².